The zero-order chi connectivity index (χ0) is 11.5. The number of rotatable bonds is 2. The fourth-order valence-electron chi connectivity index (χ4n) is 1.51. The van der Waals surface area contributed by atoms with Crippen LogP contribution in [0.5, 0.6) is 5.75 Å². The van der Waals surface area contributed by atoms with Gasteiger partial charge in [-0.15, -0.1) is 0 Å². The number of phenolic OH excluding ortho intramolecular Hbond substituents is 1. The molecule has 0 aliphatic rings. The third kappa shape index (κ3) is 2.89. The number of halogens is 2. The molecule has 16 heavy (non-hydrogen) atoms. The molecule has 0 radical (unpaired) electrons. The van der Waals surface area contributed by atoms with Crippen molar-refractivity contribution < 1.29 is 5.11 Å². The molecule has 1 nitrogen and oxygen atoms in total. The maximum Gasteiger partial charge on any atom is 0.115 e. The third-order valence-electron chi connectivity index (χ3n) is 2.34. The topological polar surface area (TPSA) is 20.2 Å². The minimum atomic E-state index is 0.289. The van der Waals surface area contributed by atoms with E-state index in [0.717, 1.165) is 22.6 Å². The monoisotopic (exact) mass is 344 g/mol. The molecule has 0 atom stereocenters. The zero-order valence-corrected chi connectivity index (χ0v) is 11.4. The summed E-state index contributed by atoms with van der Waals surface area (Å²) >= 11 is 8.40. The maximum atomic E-state index is 9.19. The maximum absolute atomic E-state index is 9.19. The molecule has 2 aromatic carbocycles. The smallest absolute Gasteiger partial charge is 0.115 e. The number of hydrogen-bond acceptors (Lipinski definition) is 1. The van der Waals surface area contributed by atoms with Crippen molar-refractivity contribution in [1.29, 1.82) is 0 Å². The molecule has 0 spiro atoms. The summed E-state index contributed by atoms with van der Waals surface area (Å²) in [6.07, 6.45) is 0.788. The summed E-state index contributed by atoms with van der Waals surface area (Å²) in [5, 5.41) is 9.98. The molecule has 0 bridgehead atoms. The number of benzene rings is 2. The Hall–Kier alpha value is -0.740. The van der Waals surface area contributed by atoms with Crippen LogP contribution in [0.3, 0.4) is 0 Å². The van der Waals surface area contributed by atoms with E-state index in [2.05, 4.69) is 28.7 Å². The predicted octanol–water partition coefficient (Wildman–Crippen LogP) is 4.24. The summed E-state index contributed by atoms with van der Waals surface area (Å²) in [5.41, 5.74) is 2.25. The van der Waals surface area contributed by atoms with Gasteiger partial charge in [0.15, 0.2) is 0 Å². The lowest BCUT2D eigenvalue weighted by Crippen LogP contribution is -1.90. The quantitative estimate of drug-likeness (QED) is 0.808. The van der Waals surface area contributed by atoms with E-state index < -0.39 is 0 Å². The van der Waals surface area contributed by atoms with E-state index >= 15 is 0 Å². The molecule has 3 heteroatoms. The molecule has 0 saturated carbocycles. The highest BCUT2D eigenvalue weighted by molar-refractivity contribution is 14.1. The fraction of sp³-hybridized carbons (Fsp3) is 0.0769. The van der Waals surface area contributed by atoms with Crippen LogP contribution in [-0.2, 0) is 6.42 Å². The second-order valence-corrected chi connectivity index (χ2v) is 5.23. The Morgan fingerprint density at radius 2 is 1.75 bits per heavy atom. The Labute approximate surface area is 113 Å². The van der Waals surface area contributed by atoms with Crippen LogP contribution in [0.1, 0.15) is 11.1 Å². The number of aromatic hydroxyl groups is 1. The highest BCUT2D eigenvalue weighted by atomic mass is 127. The average Bonchev–Trinajstić information content (AvgIpc) is 2.27. The standard InChI is InChI=1S/C13H10ClIO/c14-13-6-3-11(15)8-10(13)7-9-1-4-12(16)5-2-9/h1-6,8,16H,7H2. The van der Waals surface area contributed by atoms with Crippen molar-refractivity contribution >= 4 is 34.2 Å². The van der Waals surface area contributed by atoms with Gasteiger partial charge in [-0.05, 0) is 70.5 Å². The molecule has 0 aromatic heterocycles. The van der Waals surface area contributed by atoms with Gasteiger partial charge in [0, 0.05) is 8.59 Å². The molecule has 82 valence electrons. The third-order valence-corrected chi connectivity index (χ3v) is 3.38. The van der Waals surface area contributed by atoms with Crippen molar-refractivity contribution in [3.05, 3.63) is 62.2 Å². The molecule has 0 saturated heterocycles. The molecule has 0 aliphatic heterocycles. The molecule has 2 rings (SSSR count). The molecule has 0 aliphatic carbocycles. The fourth-order valence-corrected chi connectivity index (χ4v) is 2.25. The molecule has 1 N–H and O–H groups in total. The van der Waals surface area contributed by atoms with Gasteiger partial charge in [-0.1, -0.05) is 23.7 Å². The van der Waals surface area contributed by atoms with Gasteiger partial charge in [0.05, 0.1) is 0 Å². The summed E-state index contributed by atoms with van der Waals surface area (Å²) < 4.78 is 1.18. The van der Waals surface area contributed by atoms with Crippen LogP contribution in [-0.4, -0.2) is 5.11 Å². The second-order valence-electron chi connectivity index (χ2n) is 3.58. The first-order chi connectivity index (χ1) is 7.65. The molecule has 0 fully saturated rings. The van der Waals surface area contributed by atoms with Gasteiger partial charge in [-0.3, -0.25) is 0 Å². The lowest BCUT2D eigenvalue weighted by Gasteiger charge is -2.05. The van der Waals surface area contributed by atoms with Crippen LogP contribution in [0.25, 0.3) is 0 Å². The van der Waals surface area contributed by atoms with Crippen LogP contribution >= 0.6 is 34.2 Å². The number of hydrogen-bond donors (Lipinski definition) is 1. The van der Waals surface area contributed by atoms with Crippen LogP contribution in [0.2, 0.25) is 5.02 Å². The second kappa shape index (κ2) is 5.06. The molecule has 0 unspecified atom stereocenters. The van der Waals surface area contributed by atoms with E-state index in [1.165, 1.54) is 3.57 Å². The molecule has 0 heterocycles. The lowest BCUT2D eigenvalue weighted by atomic mass is 10.1. The van der Waals surface area contributed by atoms with Crippen molar-refractivity contribution in [1.82, 2.24) is 0 Å². The highest BCUT2D eigenvalue weighted by Crippen LogP contribution is 2.22. The normalized spacial score (nSPS) is 10.4. The summed E-state index contributed by atoms with van der Waals surface area (Å²) in [7, 11) is 0. The summed E-state index contributed by atoms with van der Waals surface area (Å²) in [5.74, 6) is 0.289. The minimum absolute atomic E-state index is 0.289. The Balaban J connectivity index is 2.26. The minimum Gasteiger partial charge on any atom is -0.508 e. The van der Waals surface area contributed by atoms with Crippen molar-refractivity contribution in [3.8, 4) is 5.75 Å². The van der Waals surface area contributed by atoms with Crippen molar-refractivity contribution in [2.24, 2.45) is 0 Å². The zero-order valence-electron chi connectivity index (χ0n) is 8.45. The Morgan fingerprint density at radius 1 is 1.06 bits per heavy atom. The van der Waals surface area contributed by atoms with Gasteiger partial charge < -0.3 is 5.11 Å². The Kier molecular flexibility index (Phi) is 3.71. The van der Waals surface area contributed by atoms with Gasteiger partial charge in [0.2, 0.25) is 0 Å². The number of phenols is 1. The van der Waals surface area contributed by atoms with Crippen molar-refractivity contribution in [3.63, 3.8) is 0 Å². The molecule has 0 amide bonds. The van der Waals surface area contributed by atoms with Gasteiger partial charge in [-0.2, -0.15) is 0 Å². The van der Waals surface area contributed by atoms with Crippen molar-refractivity contribution in [2.75, 3.05) is 0 Å². The Morgan fingerprint density at radius 3 is 2.44 bits per heavy atom. The van der Waals surface area contributed by atoms with Gasteiger partial charge >= 0.3 is 0 Å². The van der Waals surface area contributed by atoms with E-state index in [9.17, 15) is 5.11 Å². The largest absolute Gasteiger partial charge is 0.508 e. The van der Waals surface area contributed by atoms with Gasteiger partial charge in [-0.25, -0.2) is 0 Å². The van der Waals surface area contributed by atoms with E-state index in [4.69, 9.17) is 11.6 Å². The van der Waals surface area contributed by atoms with E-state index in [-0.39, 0.29) is 5.75 Å². The SMILES string of the molecule is Oc1ccc(Cc2cc(I)ccc2Cl)cc1. The first kappa shape index (κ1) is 11.7. The van der Waals surface area contributed by atoms with E-state index in [0.29, 0.717) is 0 Å². The average molecular weight is 345 g/mol. The van der Waals surface area contributed by atoms with Crippen LogP contribution in [0.15, 0.2) is 42.5 Å². The summed E-state index contributed by atoms with van der Waals surface area (Å²) in [6, 6.07) is 13.2. The van der Waals surface area contributed by atoms with Crippen LogP contribution in [0, 0.1) is 3.57 Å². The van der Waals surface area contributed by atoms with Crippen LogP contribution < -0.4 is 0 Å². The lowest BCUT2D eigenvalue weighted by molar-refractivity contribution is 0.475. The van der Waals surface area contributed by atoms with Crippen molar-refractivity contribution in [2.45, 2.75) is 6.42 Å². The van der Waals surface area contributed by atoms with Crippen LogP contribution in [0.4, 0.5) is 0 Å². The molecule has 2 aromatic rings. The summed E-state index contributed by atoms with van der Waals surface area (Å²) in [4.78, 5) is 0. The molecular formula is C13H10ClIO. The van der Waals surface area contributed by atoms with E-state index in [1.54, 1.807) is 12.1 Å². The first-order valence-corrected chi connectivity index (χ1v) is 6.32. The first-order valence-electron chi connectivity index (χ1n) is 4.87. The van der Waals surface area contributed by atoms with E-state index in [1.807, 2.05) is 24.3 Å². The summed E-state index contributed by atoms with van der Waals surface area (Å²) in [6.45, 7) is 0. The van der Waals surface area contributed by atoms with Gasteiger partial charge in [0.1, 0.15) is 5.75 Å². The highest BCUT2D eigenvalue weighted by Gasteiger charge is 2.02. The Bertz CT molecular complexity index is 494. The molecular weight excluding hydrogens is 334 g/mol. The predicted molar refractivity (Wildman–Crippen MR) is 75.1 cm³/mol. The van der Waals surface area contributed by atoms with Gasteiger partial charge in [0.25, 0.3) is 0 Å².